The topological polar surface area (TPSA) is 17.8 Å². The van der Waals surface area contributed by atoms with Crippen molar-refractivity contribution in [3.8, 4) is 9.85 Å². The molecule has 2 aromatic carbocycles. The van der Waals surface area contributed by atoms with E-state index < -0.39 is 0 Å². The Hall–Kier alpha value is -2.06. The minimum Gasteiger partial charge on any atom is -0.322 e. The Kier molecular flexibility index (Phi) is 4.59. The summed E-state index contributed by atoms with van der Waals surface area (Å²) in [7, 11) is 0. The van der Waals surface area contributed by atoms with Crippen LogP contribution in [-0.4, -0.2) is 9.55 Å². The molecule has 0 saturated carbocycles. The zero-order chi connectivity index (χ0) is 15.3. The molecule has 0 bridgehead atoms. The molecular weight excluding hydrogens is 383 g/mol. The molecule has 1 heterocycles. The summed E-state index contributed by atoms with van der Waals surface area (Å²) >= 11 is 2.10. The van der Waals surface area contributed by atoms with Gasteiger partial charge in [-0.3, -0.25) is 0 Å². The lowest BCUT2D eigenvalue weighted by atomic mass is 9.80. The van der Waals surface area contributed by atoms with Crippen LogP contribution in [0.1, 0.15) is 17.5 Å². The maximum atomic E-state index is 4.26. The van der Waals surface area contributed by atoms with E-state index >= 15 is 0 Å². The van der Waals surface area contributed by atoms with Crippen molar-refractivity contribution < 1.29 is 0 Å². The van der Waals surface area contributed by atoms with Crippen molar-refractivity contribution in [2.75, 3.05) is 0 Å². The fourth-order valence-electron chi connectivity index (χ4n) is 2.83. The van der Waals surface area contributed by atoms with E-state index in [0.717, 1.165) is 0 Å². The van der Waals surface area contributed by atoms with E-state index in [-0.39, 0.29) is 5.54 Å². The lowest BCUT2D eigenvalue weighted by molar-refractivity contribution is 0.441. The van der Waals surface area contributed by atoms with Gasteiger partial charge in [0.25, 0.3) is 0 Å². The number of hydrogen-bond acceptors (Lipinski definition) is 1. The molecule has 0 unspecified atom stereocenters. The van der Waals surface area contributed by atoms with Crippen LogP contribution in [0.25, 0.3) is 0 Å². The Morgan fingerprint density at radius 1 is 0.955 bits per heavy atom. The van der Waals surface area contributed by atoms with Gasteiger partial charge in [-0.2, -0.15) is 0 Å². The van der Waals surface area contributed by atoms with E-state index in [9.17, 15) is 0 Å². The van der Waals surface area contributed by atoms with Gasteiger partial charge in [0.15, 0.2) is 0 Å². The zero-order valence-corrected chi connectivity index (χ0v) is 14.1. The Morgan fingerprint density at radius 3 is 2.00 bits per heavy atom. The predicted molar refractivity (Wildman–Crippen MR) is 97.7 cm³/mol. The van der Waals surface area contributed by atoms with Crippen LogP contribution in [0.15, 0.2) is 79.4 Å². The first-order chi connectivity index (χ1) is 10.9. The van der Waals surface area contributed by atoms with Crippen molar-refractivity contribution in [3.63, 3.8) is 0 Å². The third kappa shape index (κ3) is 2.67. The summed E-state index contributed by atoms with van der Waals surface area (Å²) < 4.78 is 5.16. The summed E-state index contributed by atoms with van der Waals surface area (Å²) in [6.07, 6.45) is 6.39. The van der Waals surface area contributed by atoms with E-state index in [4.69, 9.17) is 0 Å². The second-order valence-corrected chi connectivity index (χ2v) is 5.55. The molecular formula is C19H15IN2. The van der Waals surface area contributed by atoms with E-state index in [2.05, 4.69) is 90.5 Å². The Labute approximate surface area is 144 Å². The molecule has 0 amide bonds. The fraction of sp³-hybridized carbons (Fsp3) is 0.105. The molecule has 0 aliphatic carbocycles. The highest BCUT2D eigenvalue weighted by Crippen LogP contribution is 2.37. The highest BCUT2D eigenvalue weighted by atomic mass is 127. The van der Waals surface area contributed by atoms with E-state index in [1.807, 2.05) is 30.9 Å². The Morgan fingerprint density at radius 2 is 1.55 bits per heavy atom. The molecule has 0 spiro atoms. The van der Waals surface area contributed by atoms with Crippen LogP contribution in [0.4, 0.5) is 0 Å². The van der Waals surface area contributed by atoms with Crippen molar-refractivity contribution in [2.24, 2.45) is 0 Å². The van der Waals surface area contributed by atoms with Crippen LogP contribution >= 0.6 is 22.6 Å². The number of imidazole rings is 1. The number of nitrogens with zero attached hydrogens (tertiary/aromatic N) is 2. The molecule has 0 atom stereocenters. The monoisotopic (exact) mass is 398 g/mol. The lowest BCUT2D eigenvalue weighted by Gasteiger charge is -2.35. The van der Waals surface area contributed by atoms with Gasteiger partial charge in [-0.1, -0.05) is 66.6 Å². The molecule has 2 nitrogen and oxygen atoms in total. The van der Waals surface area contributed by atoms with Crippen LogP contribution in [0.5, 0.6) is 0 Å². The highest BCUT2D eigenvalue weighted by molar-refractivity contribution is 14.1. The van der Waals surface area contributed by atoms with Gasteiger partial charge in [-0.05, 0) is 15.1 Å². The van der Waals surface area contributed by atoms with Crippen LogP contribution in [0.3, 0.4) is 0 Å². The summed E-state index contributed by atoms with van der Waals surface area (Å²) in [5.74, 6) is 3.26. The first-order valence-corrected chi connectivity index (χ1v) is 8.14. The smallest absolute Gasteiger partial charge is 0.107 e. The maximum Gasteiger partial charge on any atom is 0.107 e. The summed E-state index contributed by atoms with van der Waals surface area (Å²) in [6.45, 7) is 0. The van der Waals surface area contributed by atoms with Crippen molar-refractivity contribution in [3.05, 3.63) is 90.5 Å². The molecule has 0 fully saturated rings. The van der Waals surface area contributed by atoms with Gasteiger partial charge in [-0.25, -0.2) is 4.98 Å². The third-order valence-electron chi connectivity index (χ3n) is 3.86. The highest BCUT2D eigenvalue weighted by Gasteiger charge is 2.35. The number of benzene rings is 2. The number of rotatable bonds is 4. The molecule has 0 saturated heterocycles. The van der Waals surface area contributed by atoms with Crippen molar-refractivity contribution >= 4 is 22.6 Å². The number of aromatic nitrogens is 2. The largest absolute Gasteiger partial charge is 0.322 e. The quantitative estimate of drug-likeness (QED) is 0.469. The normalized spacial score (nSPS) is 10.8. The predicted octanol–water partition coefficient (Wildman–Crippen LogP) is 4.46. The van der Waals surface area contributed by atoms with Gasteiger partial charge >= 0.3 is 0 Å². The summed E-state index contributed by atoms with van der Waals surface area (Å²) in [5, 5.41) is 0. The second-order valence-electron chi connectivity index (χ2n) is 5.01. The second kappa shape index (κ2) is 6.80. The molecule has 22 heavy (non-hydrogen) atoms. The van der Waals surface area contributed by atoms with Crippen LogP contribution < -0.4 is 0 Å². The van der Waals surface area contributed by atoms with Crippen molar-refractivity contribution in [2.45, 2.75) is 12.0 Å². The van der Waals surface area contributed by atoms with Crippen LogP contribution in [-0.2, 0) is 5.54 Å². The maximum absolute atomic E-state index is 4.26. The average molecular weight is 398 g/mol. The van der Waals surface area contributed by atoms with Crippen molar-refractivity contribution in [1.82, 2.24) is 9.55 Å². The van der Waals surface area contributed by atoms with Gasteiger partial charge < -0.3 is 4.57 Å². The summed E-state index contributed by atoms with van der Waals surface area (Å²) in [6, 6.07) is 21.0. The number of hydrogen-bond donors (Lipinski definition) is 0. The number of halogens is 1. The first kappa shape index (κ1) is 14.9. The van der Waals surface area contributed by atoms with Crippen LogP contribution in [0.2, 0.25) is 0 Å². The molecule has 0 N–H and O–H groups in total. The van der Waals surface area contributed by atoms with Crippen LogP contribution in [0, 0.1) is 9.85 Å². The molecule has 3 aromatic rings. The molecule has 1 aromatic heterocycles. The molecule has 0 aliphatic heterocycles. The summed E-state index contributed by atoms with van der Waals surface area (Å²) in [4.78, 5) is 4.26. The summed E-state index contributed by atoms with van der Waals surface area (Å²) in [5.41, 5.74) is 2.05. The minimum absolute atomic E-state index is 0.364. The van der Waals surface area contributed by atoms with E-state index in [1.165, 1.54) is 11.1 Å². The molecule has 3 heteroatoms. The van der Waals surface area contributed by atoms with E-state index in [1.54, 1.807) is 0 Å². The van der Waals surface area contributed by atoms with Gasteiger partial charge in [0.05, 0.1) is 6.33 Å². The fourth-order valence-corrected chi connectivity index (χ4v) is 3.02. The molecule has 0 radical (unpaired) electrons. The van der Waals surface area contributed by atoms with Crippen molar-refractivity contribution in [1.29, 1.82) is 0 Å². The zero-order valence-electron chi connectivity index (χ0n) is 12.0. The van der Waals surface area contributed by atoms with E-state index in [0.29, 0.717) is 6.42 Å². The minimum atomic E-state index is -0.364. The van der Waals surface area contributed by atoms with Gasteiger partial charge in [0.2, 0.25) is 0 Å². The first-order valence-electron chi connectivity index (χ1n) is 7.06. The molecule has 0 aliphatic rings. The third-order valence-corrected chi connectivity index (χ3v) is 4.24. The lowest BCUT2D eigenvalue weighted by Crippen LogP contribution is -2.35. The van der Waals surface area contributed by atoms with Gasteiger partial charge in [0.1, 0.15) is 5.54 Å². The van der Waals surface area contributed by atoms with Gasteiger partial charge in [-0.15, -0.1) is 0 Å². The Bertz CT molecular complexity index is 729. The average Bonchev–Trinajstić information content (AvgIpc) is 3.13. The Balaban J connectivity index is 2.29. The SMILES string of the molecule is IC#CCC(c1ccccc1)(c1ccccc1)n1ccnc1. The standard InChI is InChI=1S/C19H15IN2/c20-13-7-12-19(22-15-14-21-16-22,17-8-3-1-4-9-17)18-10-5-2-6-11-18/h1-6,8-11,14-16H,12H2. The molecule has 3 rings (SSSR count). The molecule has 108 valence electrons. The van der Waals surface area contributed by atoms with Gasteiger partial charge in [0, 0.05) is 41.4 Å².